The summed E-state index contributed by atoms with van der Waals surface area (Å²) in [5, 5.41) is 2.59. The van der Waals surface area contributed by atoms with Crippen molar-refractivity contribution in [1.29, 1.82) is 0 Å². The van der Waals surface area contributed by atoms with Crippen molar-refractivity contribution >= 4 is 5.97 Å². The maximum atomic E-state index is 12.3. The molecule has 1 aliphatic rings. The number of hydrogen-bond donors (Lipinski definition) is 1. The lowest BCUT2D eigenvalue weighted by atomic mass is 9.90. The lowest BCUT2D eigenvalue weighted by Crippen LogP contribution is -2.45. The number of carbonyl (C=O) groups excluding carboxylic acids is 1. The van der Waals surface area contributed by atoms with Gasteiger partial charge in [0, 0.05) is 13.1 Å². The Morgan fingerprint density at radius 1 is 1.43 bits per heavy atom. The van der Waals surface area contributed by atoms with Crippen molar-refractivity contribution in [2.24, 2.45) is 11.8 Å². The minimum absolute atomic E-state index is 0.114. The zero-order valence-corrected chi connectivity index (χ0v) is 7.73. The lowest BCUT2D eigenvalue weighted by Gasteiger charge is -2.29. The molecule has 82 valence electrons. The van der Waals surface area contributed by atoms with Crippen molar-refractivity contribution in [2.75, 3.05) is 20.2 Å². The quantitative estimate of drug-likeness (QED) is 0.656. The molecule has 0 saturated carbocycles. The molecule has 0 unspecified atom stereocenters. The van der Waals surface area contributed by atoms with E-state index in [4.69, 9.17) is 0 Å². The molecule has 3 nitrogen and oxygen atoms in total. The van der Waals surface area contributed by atoms with E-state index < -0.39 is 24.0 Å². The third-order valence-electron chi connectivity index (χ3n) is 2.35. The molecule has 0 amide bonds. The summed E-state index contributed by atoms with van der Waals surface area (Å²) in [5.74, 6) is -2.70. The van der Waals surface area contributed by atoms with Crippen molar-refractivity contribution in [2.45, 2.75) is 12.6 Å². The van der Waals surface area contributed by atoms with E-state index >= 15 is 0 Å². The van der Waals surface area contributed by atoms with Gasteiger partial charge < -0.3 is 10.1 Å². The van der Waals surface area contributed by atoms with Gasteiger partial charge >= 0.3 is 12.1 Å². The summed E-state index contributed by atoms with van der Waals surface area (Å²) >= 11 is 0. The van der Waals surface area contributed by atoms with Crippen molar-refractivity contribution in [1.82, 2.24) is 5.32 Å². The van der Waals surface area contributed by atoms with Crippen LogP contribution in [0.1, 0.15) is 6.42 Å². The molecule has 0 aromatic carbocycles. The van der Waals surface area contributed by atoms with Gasteiger partial charge in [-0.15, -0.1) is 0 Å². The topological polar surface area (TPSA) is 38.3 Å². The molecule has 1 saturated heterocycles. The highest BCUT2D eigenvalue weighted by Crippen LogP contribution is 2.32. The van der Waals surface area contributed by atoms with Crippen molar-refractivity contribution in [3.05, 3.63) is 0 Å². The van der Waals surface area contributed by atoms with E-state index in [-0.39, 0.29) is 19.5 Å². The summed E-state index contributed by atoms with van der Waals surface area (Å²) in [7, 11) is 1.18. The van der Waals surface area contributed by atoms with Gasteiger partial charge in [-0.1, -0.05) is 0 Å². The molecule has 1 aliphatic heterocycles. The number of ether oxygens (including phenoxy) is 1. The number of piperidine rings is 1. The molecule has 1 fully saturated rings. The molecule has 0 radical (unpaired) electrons. The molecule has 0 aromatic rings. The monoisotopic (exact) mass is 211 g/mol. The van der Waals surface area contributed by atoms with E-state index in [1.807, 2.05) is 0 Å². The Kier molecular flexibility index (Phi) is 3.36. The van der Waals surface area contributed by atoms with Crippen LogP contribution < -0.4 is 5.32 Å². The van der Waals surface area contributed by atoms with Crippen LogP contribution >= 0.6 is 0 Å². The summed E-state index contributed by atoms with van der Waals surface area (Å²) in [6.45, 7) is 0.149. The van der Waals surface area contributed by atoms with E-state index in [0.29, 0.717) is 0 Å². The molecular formula is C8H12F3NO2. The maximum Gasteiger partial charge on any atom is 0.393 e. The number of nitrogens with one attached hydrogen (secondary N) is 1. The lowest BCUT2D eigenvalue weighted by molar-refractivity contribution is -0.184. The van der Waals surface area contributed by atoms with Crippen LogP contribution in [0.3, 0.4) is 0 Å². The average molecular weight is 211 g/mol. The number of methoxy groups -OCH3 is 1. The van der Waals surface area contributed by atoms with Crippen LogP contribution in [0.4, 0.5) is 13.2 Å². The smallest absolute Gasteiger partial charge is 0.393 e. The molecule has 1 N–H and O–H groups in total. The van der Waals surface area contributed by atoms with Crippen LogP contribution in [0, 0.1) is 11.8 Å². The Balaban J connectivity index is 2.56. The van der Waals surface area contributed by atoms with Gasteiger partial charge in [-0.3, -0.25) is 4.79 Å². The zero-order chi connectivity index (χ0) is 10.8. The predicted octanol–water partition coefficient (Wildman–Crippen LogP) is 0.947. The van der Waals surface area contributed by atoms with Crippen molar-refractivity contribution < 1.29 is 22.7 Å². The summed E-state index contributed by atoms with van der Waals surface area (Å²) < 4.78 is 41.3. The van der Waals surface area contributed by atoms with Crippen LogP contribution in [0.2, 0.25) is 0 Å². The average Bonchev–Trinajstić information content (AvgIpc) is 2.15. The van der Waals surface area contributed by atoms with Gasteiger partial charge in [0.15, 0.2) is 0 Å². The molecule has 0 aliphatic carbocycles. The van der Waals surface area contributed by atoms with Gasteiger partial charge in [-0.05, 0) is 6.42 Å². The first-order valence-corrected chi connectivity index (χ1v) is 4.30. The molecule has 1 heterocycles. The maximum absolute atomic E-state index is 12.3. The van der Waals surface area contributed by atoms with Crippen molar-refractivity contribution in [3.63, 3.8) is 0 Å². The van der Waals surface area contributed by atoms with Crippen LogP contribution in [-0.2, 0) is 9.53 Å². The number of esters is 1. The first-order chi connectivity index (χ1) is 6.45. The van der Waals surface area contributed by atoms with E-state index in [0.717, 1.165) is 0 Å². The number of hydrogen-bond acceptors (Lipinski definition) is 3. The number of halogens is 3. The number of rotatable bonds is 1. The van der Waals surface area contributed by atoms with Gasteiger partial charge in [0.1, 0.15) is 0 Å². The second-order valence-electron chi connectivity index (χ2n) is 3.35. The molecule has 0 aromatic heterocycles. The Morgan fingerprint density at radius 3 is 2.57 bits per heavy atom. The summed E-state index contributed by atoms with van der Waals surface area (Å²) in [4.78, 5) is 11.0. The van der Waals surface area contributed by atoms with Gasteiger partial charge in [0.2, 0.25) is 0 Å². The minimum atomic E-state index is -4.24. The third kappa shape index (κ3) is 2.60. The fourth-order valence-electron chi connectivity index (χ4n) is 1.54. The highest BCUT2D eigenvalue weighted by molar-refractivity contribution is 5.72. The Morgan fingerprint density at radius 2 is 2.07 bits per heavy atom. The predicted molar refractivity (Wildman–Crippen MR) is 42.5 cm³/mol. The Hall–Kier alpha value is -0.780. The normalized spacial score (nSPS) is 28.6. The minimum Gasteiger partial charge on any atom is -0.469 e. The summed E-state index contributed by atoms with van der Waals surface area (Å²) in [6.07, 6.45) is -4.41. The first-order valence-electron chi connectivity index (χ1n) is 4.30. The molecule has 14 heavy (non-hydrogen) atoms. The van der Waals surface area contributed by atoms with Crippen LogP contribution in [0.15, 0.2) is 0 Å². The molecule has 6 heteroatoms. The highest BCUT2D eigenvalue weighted by atomic mass is 19.4. The van der Waals surface area contributed by atoms with Crippen molar-refractivity contribution in [3.8, 4) is 0 Å². The summed E-state index contributed by atoms with van der Waals surface area (Å²) in [5.41, 5.74) is 0. The van der Waals surface area contributed by atoms with Crippen LogP contribution in [0.5, 0.6) is 0 Å². The van der Waals surface area contributed by atoms with Gasteiger partial charge in [-0.2, -0.15) is 13.2 Å². The Labute approximate surface area is 79.6 Å². The molecular weight excluding hydrogens is 199 g/mol. The van der Waals surface area contributed by atoms with E-state index in [9.17, 15) is 18.0 Å². The molecule has 0 bridgehead atoms. The van der Waals surface area contributed by atoms with Gasteiger partial charge in [0.25, 0.3) is 0 Å². The second kappa shape index (κ2) is 4.16. The molecule has 2 atom stereocenters. The number of carbonyl (C=O) groups is 1. The van der Waals surface area contributed by atoms with E-state index in [1.54, 1.807) is 0 Å². The van der Waals surface area contributed by atoms with Crippen LogP contribution in [0.25, 0.3) is 0 Å². The standard InChI is InChI=1S/C8H12F3NO2/c1-14-7(13)5-2-6(4-12-3-5)8(9,10)11/h5-6,12H,2-4H2,1H3/t5-,6+/m0/s1. The van der Waals surface area contributed by atoms with Crippen LogP contribution in [-0.4, -0.2) is 32.3 Å². The van der Waals surface area contributed by atoms with Gasteiger partial charge in [-0.25, -0.2) is 0 Å². The zero-order valence-electron chi connectivity index (χ0n) is 7.73. The van der Waals surface area contributed by atoms with Gasteiger partial charge in [0.05, 0.1) is 18.9 Å². The first kappa shape index (κ1) is 11.3. The Bertz CT molecular complexity index is 217. The third-order valence-corrected chi connectivity index (χ3v) is 2.35. The second-order valence-corrected chi connectivity index (χ2v) is 3.35. The molecule has 0 spiro atoms. The van der Waals surface area contributed by atoms with E-state index in [2.05, 4.69) is 10.1 Å². The summed E-state index contributed by atoms with van der Waals surface area (Å²) in [6, 6.07) is 0. The molecule has 1 rings (SSSR count). The fourth-order valence-corrected chi connectivity index (χ4v) is 1.54. The SMILES string of the molecule is COC(=O)[C@@H]1CNC[C@H](C(F)(F)F)C1. The number of alkyl halides is 3. The fraction of sp³-hybridized carbons (Fsp3) is 0.875. The highest BCUT2D eigenvalue weighted by Gasteiger charge is 2.43. The van der Waals surface area contributed by atoms with E-state index in [1.165, 1.54) is 7.11 Å². The largest absolute Gasteiger partial charge is 0.469 e.